The van der Waals surface area contributed by atoms with E-state index in [1.807, 2.05) is 13.0 Å². The van der Waals surface area contributed by atoms with Gasteiger partial charge in [-0.25, -0.2) is 4.39 Å². The van der Waals surface area contributed by atoms with Crippen LogP contribution in [0, 0.1) is 12.7 Å². The molecule has 0 aliphatic heterocycles. The molecule has 1 aromatic carbocycles. The Balaban J connectivity index is 2.38. The molecule has 86 valence electrons. The number of benzene rings is 1. The SMILES string of the molecule is CCCCCn1c(C)cc2cccc(F)c21. The largest absolute Gasteiger partial charge is 0.343 e. The summed E-state index contributed by atoms with van der Waals surface area (Å²) in [5, 5.41) is 1.01. The topological polar surface area (TPSA) is 4.93 Å². The first-order chi connectivity index (χ1) is 7.74. The van der Waals surface area contributed by atoms with Crippen molar-refractivity contribution in [1.82, 2.24) is 4.57 Å². The number of hydrogen-bond donors (Lipinski definition) is 0. The van der Waals surface area contributed by atoms with Crippen LogP contribution in [0.1, 0.15) is 31.9 Å². The standard InChI is InChI=1S/C14H18FN/c1-3-4-5-9-16-11(2)10-12-7-6-8-13(15)14(12)16/h6-8,10H,3-5,9H2,1-2H3. The third kappa shape index (κ3) is 1.97. The number of rotatable bonds is 4. The summed E-state index contributed by atoms with van der Waals surface area (Å²) in [4.78, 5) is 0. The molecule has 1 heterocycles. The maximum atomic E-state index is 13.7. The summed E-state index contributed by atoms with van der Waals surface area (Å²) in [7, 11) is 0. The van der Waals surface area contributed by atoms with E-state index < -0.39 is 0 Å². The molecular formula is C14H18FN. The summed E-state index contributed by atoms with van der Waals surface area (Å²) in [5.41, 5.74) is 1.91. The second-order valence-corrected chi connectivity index (χ2v) is 4.32. The van der Waals surface area contributed by atoms with E-state index in [2.05, 4.69) is 17.6 Å². The van der Waals surface area contributed by atoms with Crippen molar-refractivity contribution >= 4 is 10.9 Å². The molecule has 16 heavy (non-hydrogen) atoms. The van der Waals surface area contributed by atoms with E-state index in [4.69, 9.17) is 0 Å². The van der Waals surface area contributed by atoms with E-state index in [-0.39, 0.29) is 5.82 Å². The zero-order valence-corrected chi connectivity index (χ0v) is 9.96. The molecule has 0 unspecified atom stereocenters. The molecule has 2 rings (SSSR count). The fourth-order valence-electron chi connectivity index (χ4n) is 2.22. The van der Waals surface area contributed by atoms with E-state index in [1.165, 1.54) is 18.9 Å². The third-order valence-corrected chi connectivity index (χ3v) is 3.06. The van der Waals surface area contributed by atoms with Gasteiger partial charge in [-0.2, -0.15) is 0 Å². The smallest absolute Gasteiger partial charge is 0.147 e. The van der Waals surface area contributed by atoms with Crippen molar-refractivity contribution in [3.05, 3.63) is 35.8 Å². The van der Waals surface area contributed by atoms with Crippen LogP contribution in [0.5, 0.6) is 0 Å². The first kappa shape index (κ1) is 11.2. The lowest BCUT2D eigenvalue weighted by Crippen LogP contribution is -2.01. The van der Waals surface area contributed by atoms with Crippen molar-refractivity contribution in [2.45, 2.75) is 39.7 Å². The van der Waals surface area contributed by atoms with Crippen LogP contribution < -0.4 is 0 Å². The predicted molar refractivity (Wildman–Crippen MR) is 66.2 cm³/mol. The minimum Gasteiger partial charge on any atom is -0.343 e. The maximum absolute atomic E-state index is 13.7. The molecule has 0 spiro atoms. The highest BCUT2D eigenvalue weighted by atomic mass is 19.1. The molecule has 2 aromatic rings. The average molecular weight is 219 g/mol. The van der Waals surface area contributed by atoms with Gasteiger partial charge in [-0.3, -0.25) is 0 Å². The normalized spacial score (nSPS) is 11.2. The van der Waals surface area contributed by atoms with Gasteiger partial charge >= 0.3 is 0 Å². The van der Waals surface area contributed by atoms with Crippen LogP contribution >= 0.6 is 0 Å². The van der Waals surface area contributed by atoms with Gasteiger partial charge < -0.3 is 4.57 Å². The van der Waals surface area contributed by atoms with Crippen LogP contribution in [0.25, 0.3) is 10.9 Å². The number of aromatic nitrogens is 1. The van der Waals surface area contributed by atoms with E-state index in [9.17, 15) is 4.39 Å². The Kier molecular flexibility index (Phi) is 3.28. The summed E-state index contributed by atoms with van der Waals surface area (Å²) in [6, 6.07) is 7.34. The zero-order valence-electron chi connectivity index (χ0n) is 9.96. The first-order valence-corrected chi connectivity index (χ1v) is 5.98. The van der Waals surface area contributed by atoms with E-state index >= 15 is 0 Å². The van der Waals surface area contributed by atoms with Crippen LogP contribution in [0.3, 0.4) is 0 Å². The summed E-state index contributed by atoms with van der Waals surface area (Å²) < 4.78 is 15.8. The number of fused-ring (bicyclic) bond motifs is 1. The minimum atomic E-state index is -0.109. The predicted octanol–water partition coefficient (Wildman–Crippen LogP) is 4.28. The summed E-state index contributed by atoms with van der Waals surface area (Å²) in [6.07, 6.45) is 3.52. The van der Waals surface area contributed by atoms with Crippen molar-refractivity contribution < 1.29 is 4.39 Å². The molecule has 0 saturated heterocycles. The van der Waals surface area contributed by atoms with Crippen molar-refractivity contribution in [3.63, 3.8) is 0 Å². The van der Waals surface area contributed by atoms with Crippen LogP contribution in [0.4, 0.5) is 4.39 Å². The van der Waals surface area contributed by atoms with Crippen molar-refractivity contribution in [3.8, 4) is 0 Å². The lowest BCUT2D eigenvalue weighted by molar-refractivity contribution is 0.586. The first-order valence-electron chi connectivity index (χ1n) is 5.98. The summed E-state index contributed by atoms with van der Waals surface area (Å²) in [6.45, 7) is 5.15. The second kappa shape index (κ2) is 4.69. The van der Waals surface area contributed by atoms with Crippen LogP contribution in [-0.4, -0.2) is 4.57 Å². The molecule has 0 atom stereocenters. The maximum Gasteiger partial charge on any atom is 0.147 e. The third-order valence-electron chi connectivity index (χ3n) is 3.06. The minimum absolute atomic E-state index is 0.109. The van der Waals surface area contributed by atoms with Gasteiger partial charge in [0.05, 0.1) is 5.52 Å². The molecule has 0 radical (unpaired) electrons. The van der Waals surface area contributed by atoms with Crippen LogP contribution in [0.2, 0.25) is 0 Å². The molecule has 0 fully saturated rings. The molecule has 0 amide bonds. The fraction of sp³-hybridized carbons (Fsp3) is 0.429. The van der Waals surface area contributed by atoms with E-state index in [1.54, 1.807) is 6.07 Å². The molecule has 2 heteroatoms. The quantitative estimate of drug-likeness (QED) is 0.676. The van der Waals surface area contributed by atoms with Gasteiger partial charge in [-0.05, 0) is 25.5 Å². The average Bonchev–Trinajstić information content (AvgIpc) is 2.57. The molecule has 0 bridgehead atoms. The van der Waals surface area contributed by atoms with Gasteiger partial charge in [0, 0.05) is 17.6 Å². The summed E-state index contributed by atoms with van der Waals surface area (Å²) >= 11 is 0. The van der Waals surface area contributed by atoms with Crippen molar-refractivity contribution in [2.24, 2.45) is 0 Å². The van der Waals surface area contributed by atoms with Gasteiger partial charge in [-0.15, -0.1) is 0 Å². The van der Waals surface area contributed by atoms with Crippen molar-refractivity contribution in [1.29, 1.82) is 0 Å². The fourth-order valence-corrected chi connectivity index (χ4v) is 2.22. The van der Waals surface area contributed by atoms with Crippen molar-refractivity contribution in [2.75, 3.05) is 0 Å². The molecule has 0 saturated carbocycles. The monoisotopic (exact) mass is 219 g/mol. The highest BCUT2D eigenvalue weighted by molar-refractivity contribution is 5.81. The Morgan fingerprint density at radius 1 is 1.25 bits per heavy atom. The second-order valence-electron chi connectivity index (χ2n) is 4.32. The number of aryl methyl sites for hydroxylation is 2. The van der Waals surface area contributed by atoms with Crippen LogP contribution in [-0.2, 0) is 6.54 Å². The number of nitrogens with zero attached hydrogens (tertiary/aromatic N) is 1. The Labute approximate surface area is 95.9 Å². The highest BCUT2D eigenvalue weighted by Gasteiger charge is 2.08. The Bertz CT molecular complexity index is 485. The Morgan fingerprint density at radius 2 is 2.06 bits per heavy atom. The summed E-state index contributed by atoms with van der Waals surface area (Å²) in [5.74, 6) is -0.109. The van der Waals surface area contributed by atoms with Crippen LogP contribution in [0.15, 0.2) is 24.3 Å². The van der Waals surface area contributed by atoms with Gasteiger partial charge in [0.1, 0.15) is 5.82 Å². The lowest BCUT2D eigenvalue weighted by Gasteiger charge is -2.08. The number of halogens is 1. The van der Waals surface area contributed by atoms with E-state index in [0.717, 1.165) is 29.6 Å². The van der Waals surface area contributed by atoms with Gasteiger partial charge in [0.25, 0.3) is 0 Å². The number of hydrogen-bond acceptors (Lipinski definition) is 0. The molecular weight excluding hydrogens is 201 g/mol. The van der Waals surface area contributed by atoms with Gasteiger partial charge in [0.2, 0.25) is 0 Å². The molecule has 0 aliphatic carbocycles. The Hall–Kier alpha value is -1.31. The molecule has 1 aromatic heterocycles. The van der Waals surface area contributed by atoms with Gasteiger partial charge in [-0.1, -0.05) is 31.9 Å². The van der Waals surface area contributed by atoms with E-state index in [0.29, 0.717) is 0 Å². The Morgan fingerprint density at radius 3 is 2.81 bits per heavy atom. The lowest BCUT2D eigenvalue weighted by atomic mass is 10.2. The highest BCUT2D eigenvalue weighted by Crippen LogP contribution is 2.22. The molecule has 0 aliphatic rings. The zero-order chi connectivity index (χ0) is 11.5. The molecule has 0 N–H and O–H groups in total. The van der Waals surface area contributed by atoms with Gasteiger partial charge in [0.15, 0.2) is 0 Å². The molecule has 1 nitrogen and oxygen atoms in total. The number of para-hydroxylation sites is 1. The number of unbranched alkanes of at least 4 members (excludes halogenated alkanes) is 2.